The van der Waals surface area contributed by atoms with E-state index in [0.29, 0.717) is 0 Å². The average Bonchev–Trinajstić information content (AvgIpc) is 2.26. The van der Waals surface area contributed by atoms with Crippen LogP contribution in [0.2, 0.25) is 0 Å². The Bertz CT molecular complexity index is 319. The molecule has 1 N–H and O–H groups in total. The van der Waals surface area contributed by atoms with Crippen LogP contribution in [0.5, 0.6) is 11.8 Å². The number of aromatic nitrogens is 1. The number of rotatable bonds is 4. The zero-order chi connectivity index (χ0) is 11.4. The summed E-state index contributed by atoms with van der Waals surface area (Å²) in [6.07, 6.45) is -2.75. The fourth-order valence-electron chi connectivity index (χ4n) is 1.18. The third kappa shape index (κ3) is 2.33. The Balaban J connectivity index is 3.32. The lowest BCUT2D eigenvalue weighted by molar-refractivity contribution is 0.141. The number of hydrogen-bond acceptors (Lipinski definition) is 4. The van der Waals surface area contributed by atoms with Gasteiger partial charge in [-0.3, -0.25) is 0 Å². The van der Waals surface area contributed by atoms with Gasteiger partial charge in [0.1, 0.15) is 0 Å². The van der Waals surface area contributed by atoms with Crippen molar-refractivity contribution in [3.05, 3.63) is 17.2 Å². The summed E-state index contributed by atoms with van der Waals surface area (Å²) in [6, 6.07) is 1.25. The number of pyridine rings is 1. The van der Waals surface area contributed by atoms with Crippen LogP contribution < -0.4 is 9.47 Å². The standard InChI is InChI=1S/C9H11F2NO3/c1-14-6-3-5(4-13)7(8(10)11)9(12-6)15-2/h3,8,13H,4H2,1-2H3. The predicted molar refractivity (Wildman–Crippen MR) is 48.2 cm³/mol. The highest BCUT2D eigenvalue weighted by molar-refractivity contribution is 5.39. The molecule has 0 unspecified atom stereocenters. The van der Waals surface area contributed by atoms with E-state index < -0.39 is 18.6 Å². The molecule has 0 saturated carbocycles. The van der Waals surface area contributed by atoms with Crippen molar-refractivity contribution in [1.29, 1.82) is 0 Å². The molecule has 1 rings (SSSR count). The first-order chi connectivity index (χ1) is 7.13. The van der Waals surface area contributed by atoms with Crippen molar-refractivity contribution in [2.75, 3.05) is 14.2 Å². The molecule has 1 aromatic heterocycles. The molecule has 0 aliphatic rings. The Morgan fingerprint density at radius 1 is 1.40 bits per heavy atom. The average molecular weight is 219 g/mol. The monoisotopic (exact) mass is 219 g/mol. The molecule has 15 heavy (non-hydrogen) atoms. The van der Waals surface area contributed by atoms with E-state index in [1.54, 1.807) is 0 Å². The van der Waals surface area contributed by atoms with Gasteiger partial charge in [0, 0.05) is 6.07 Å². The maximum atomic E-state index is 12.6. The van der Waals surface area contributed by atoms with Crippen molar-refractivity contribution in [3.63, 3.8) is 0 Å². The first kappa shape index (κ1) is 11.6. The third-order valence-electron chi connectivity index (χ3n) is 1.88. The van der Waals surface area contributed by atoms with Gasteiger partial charge in [-0.15, -0.1) is 0 Å². The van der Waals surface area contributed by atoms with Gasteiger partial charge >= 0.3 is 0 Å². The van der Waals surface area contributed by atoms with E-state index >= 15 is 0 Å². The van der Waals surface area contributed by atoms with Crippen LogP contribution in [0, 0.1) is 0 Å². The number of methoxy groups -OCH3 is 2. The number of halogens is 2. The van der Waals surface area contributed by atoms with Crippen molar-refractivity contribution in [3.8, 4) is 11.8 Å². The molecule has 1 aromatic rings. The van der Waals surface area contributed by atoms with E-state index in [1.165, 1.54) is 20.3 Å². The van der Waals surface area contributed by atoms with Crippen molar-refractivity contribution >= 4 is 0 Å². The molecular formula is C9H11F2NO3. The third-order valence-corrected chi connectivity index (χ3v) is 1.88. The number of hydrogen-bond donors (Lipinski definition) is 1. The van der Waals surface area contributed by atoms with Crippen LogP contribution in [-0.4, -0.2) is 24.3 Å². The highest BCUT2D eigenvalue weighted by Crippen LogP contribution is 2.33. The minimum atomic E-state index is -2.75. The minimum absolute atomic E-state index is 0.0497. The van der Waals surface area contributed by atoms with E-state index in [4.69, 9.17) is 14.6 Å². The molecule has 0 aliphatic heterocycles. The van der Waals surface area contributed by atoms with E-state index in [0.717, 1.165) is 0 Å². The summed E-state index contributed by atoms with van der Waals surface area (Å²) in [5.41, 5.74) is -0.352. The normalized spacial score (nSPS) is 10.5. The molecule has 0 spiro atoms. The van der Waals surface area contributed by atoms with Crippen LogP contribution in [0.4, 0.5) is 8.78 Å². The lowest BCUT2D eigenvalue weighted by Crippen LogP contribution is -2.03. The molecule has 84 valence electrons. The van der Waals surface area contributed by atoms with E-state index in [2.05, 4.69) is 4.98 Å². The zero-order valence-corrected chi connectivity index (χ0v) is 8.33. The topological polar surface area (TPSA) is 51.6 Å². The molecular weight excluding hydrogens is 208 g/mol. The summed E-state index contributed by atoms with van der Waals surface area (Å²) in [7, 11) is 2.58. The van der Waals surface area contributed by atoms with Crippen molar-refractivity contribution in [1.82, 2.24) is 4.98 Å². The van der Waals surface area contributed by atoms with E-state index in [-0.39, 0.29) is 17.3 Å². The SMILES string of the molecule is COc1cc(CO)c(C(F)F)c(OC)n1. The van der Waals surface area contributed by atoms with E-state index in [9.17, 15) is 8.78 Å². The Labute approximate surface area is 85.5 Å². The smallest absolute Gasteiger partial charge is 0.269 e. The van der Waals surface area contributed by atoms with Gasteiger partial charge < -0.3 is 14.6 Å². The molecule has 0 bridgehead atoms. The molecule has 0 fully saturated rings. The van der Waals surface area contributed by atoms with Crippen molar-refractivity contribution in [2.24, 2.45) is 0 Å². The Morgan fingerprint density at radius 2 is 2.07 bits per heavy atom. The predicted octanol–water partition coefficient (Wildman–Crippen LogP) is 1.53. The lowest BCUT2D eigenvalue weighted by atomic mass is 10.1. The molecule has 1 heterocycles. The Kier molecular flexibility index (Phi) is 3.79. The summed E-state index contributed by atoms with van der Waals surface area (Å²) >= 11 is 0. The summed E-state index contributed by atoms with van der Waals surface area (Å²) in [4.78, 5) is 3.70. The second kappa shape index (κ2) is 4.88. The van der Waals surface area contributed by atoms with Gasteiger partial charge in [-0.2, -0.15) is 4.98 Å². The summed E-state index contributed by atoms with van der Waals surface area (Å²) in [5, 5.41) is 8.94. The van der Waals surface area contributed by atoms with Gasteiger partial charge in [0.25, 0.3) is 6.43 Å². The fraction of sp³-hybridized carbons (Fsp3) is 0.444. The second-order valence-corrected chi connectivity index (χ2v) is 2.71. The Morgan fingerprint density at radius 3 is 2.47 bits per heavy atom. The Hall–Kier alpha value is -1.43. The van der Waals surface area contributed by atoms with Crippen LogP contribution in [0.1, 0.15) is 17.6 Å². The van der Waals surface area contributed by atoms with Crippen LogP contribution >= 0.6 is 0 Å². The van der Waals surface area contributed by atoms with Crippen LogP contribution in [0.15, 0.2) is 6.07 Å². The minimum Gasteiger partial charge on any atom is -0.481 e. The molecule has 0 radical (unpaired) electrons. The van der Waals surface area contributed by atoms with Gasteiger partial charge in [-0.25, -0.2) is 8.78 Å². The van der Waals surface area contributed by atoms with Crippen LogP contribution in [0.3, 0.4) is 0 Å². The fourth-order valence-corrected chi connectivity index (χ4v) is 1.18. The van der Waals surface area contributed by atoms with Crippen molar-refractivity contribution in [2.45, 2.75) is 13.0 Å². The first-order valence-electron chi connectivity index (χ1n) is 4.14. The number of alkyl halides is 2. The zero-order valence-electron chi connectivity index (χ0n) is 8.33. The van der Waals surface area contributed by atoms with Gasteiger partial charge in [0.2, 0.25) is 11.8 Å². The number of ether oxygens (including phenoxy) is 2. The maximum Gasteiger partial charge on any atom is 0.269 e. The van der Waals surface area contributed by atoms with Gasteiger partial charge in [-0.1, -0.05) is 0 Å². The summed E-state index contributed by atoms with van der Waals surface area (Å²) in [6.45, 7) is -0.519. The van der Waals surface area contributed by atoms with E-state index in [1.807, 2.05) is 0 Å². The molecule has 0 atom stereocenters. The number of nitrogens with zero attached hydrogens (tertiary/aromatic N) is 1. The van der Waals surface area contributed by atoms with Crippen molar-refractivity contribution < 1.29 is 23.4 Å². The van der Waals surface area contributed by atoms with Crippen LogP contribution in [-0.2, 0) is 6.61 Å². The van der Waals surface area contributed by atoms with Gasteiger partial charge in [-0.05, 0) is 5.56 Å². The molecule has 4 nitrogen and oxygen atoms in total. The highest BCUT2D eigenvalue weighted by atomic mass is 19.3. The number of aliphatic hydroxyl groups excluding tert-OH is 1. The maximum absolute atomic E-state index is 12.6. The van der Waals surface area contributed by atoms with Gasteiger partial charge in [0.05, 0.1) is 26.4 Å². The summed E-state index contributed by atoms with van der Waals surface area (Å²) < 4.78 is 34.7. The largest absolute Gasteiger partial charge is 0.481 e. The molecule has 0 aliphatic carbocycles. The second-order valence-electron chi connectivity index (χ2n) is 2.71. The lowest BCUT2D eigenvalue weighted by Gasteiger charge is -2.12. The number of aliphatic hydroxyl groups is 1. The molecule has 0 amide bonds. The molecule has 0 saturated heterocycles. The first-order valence-corrected chi connectivity index (χ1v) is 4.14. The summed E-state index contributed by atoms with van der Waals surface area (Å²) in [5.74, 6) is -0.103. The quantitative estimate of drug-likeness (QED) is 0.834. The molecule has 6 heteroatoms. The highest BCUT2D eigenvalue weighted by Gasteiger charge is 2.21. The van der Waals surface area contributed by atoms with Crippen LogP contribution in [0.25, 0.3) is 0 Å². The molecule has 0 aromatic carbocycles. The van der Waals surface area contributed by atoms with Gasteiger partial charge in [0.15, 0.2) is 0 Å².